The molecule has 0 saturated carbocycles. The van der Waals surface area contributed by atoms with Crippen LogP contribution in [-0.2, 0) is 11.4 Å². The molecule has 8 heavy (non-hydrogen) atoms. The molecule has 0 aromatic carbocycles. The molecule has 5 heteroatoms. The Morgan fingerprint density at radius 2 is 1.25 bits per heavy atom. The normalized spacial score (nSPS) is 7.88. The summed E-state index contributed by atoms with van der Waals surface area (Å²) < 4.78 is 14.2. The molecule has 0 aromatic rings. The van der Waals surface area contributed by atoms with Crippen molar-refractivity contribution < 1.29 is 42.3 Å². The van der Waals surface area contributed by atoms with Crippen molar-refractivity contribution in [3.05, 3.63) is 0 Å². The molecule has 0 radical (unpaired) electrons. The van der Waals surface area contributed by atoms with Gasteiger partial charge in [0.05, 0.1) is 0 Å². The minimum atomic E-state index is -1.67. The van der Waals surface area contributed by atoms with Crippen molar-refractivity contribution >= 4 is 15.1 Å². The first kappa shape index (κ1) is 12.1. The summed E-state index contributed by atoms with van der Waals surface area (Å²) in [5.74, 6) is 0. The molecule has 0 heterocycles. The zero-order valence-corrected chi connectivity index (χ0v) is 8.96. The Morgan fingerprint density at radius 1 is 1.00 bits per heavy atom. The van der Waals surface area contributed by atoms with E-state index in [1.165, 1.54) is 0 Å². The van der Waals surface area contributed by atoms with Crippen molar-refractivity contribution in [2.45, 2.75) is 0 Å². The zero-order chi connectivity index (χ0) is 5.70. The second-order valence-corrected chi connectivity index (χ2v) is 2.99. The van der Waals surface area contributed by atoms with E-state index in [1.54, 1.807) is 21.3 Å². The molecule has 0 aliphatic carbocycles. The Kier molecular flexibility index (Phi) is 12.7. The molecule has 0 fully saturated rings. The zero-order valence-electron chi connectivity index (χ0n) is 6.80. The second-order valence-electron chi connectivity index (χ2n) is 0.996. The quantitative estimate of drug-likeness (QED) is 0.396. The summed E-state index contributed by atoms with van der Waals surface area (Å²) in [6.45, 7) is 0. The average molecular weight is 144 g/mol. The SMILES string of the molecule is C[O][Al]([O]C)[O]C.[H-].[Na+]. The molecule has 0 rings (SSSR count). The van der Waals surface area contributed by atoms with Gasteiger partial charge in [0, 0.05) is 21.3 Å². The van der Waals surface area contributed by atoms with Crippen LogP contribution in [-0.4, -0.2) is 36.5 Å². The molecule has 3 nitrogen and oxygen atoms in total. The van der Waals surface area contributed by atoms with E-state index in [-0.39, 0.29) is 31.0 Å². The summed E-state index contributed by atoms with van der Waals surface area (Å²) in [7, 11) is 4.72. The van der Waals surface area contributed by atoms with Crippen LogP contribution in [0, 0.1) is 0 Å². The number of hydrogen-bond donors (Lipinski definition) is 0. The van der Waals surface area contributed by atoms with Crippen LogP contribution in [0.5, 0.6) is 0 Å². The third kappa shape index (κ3) is 5.55. The molecule has 0 saturated heterocycles. The van der Waals surface area contributed by atoms with Gasteiger partial charge in [0.25, 0.3) is 0 Å². The fraction of sp³-hybridized carbons (Fsp3) is 1.00. The van der Waals surface area contributed by atoms with E-state index in [1.807, 2.05) is 0 Å². The van der Waals surface area contributed by atoms with E-state index in [0.717, 1.165) is 0 Å². The van der Waals surface area contributed by atoms with Crippen LogP contribution in [0.3, 0.4) is 0 Å². The maximum absolute atomic E-state index is 4.74. The largest absolute Gasteiger partial charge is 1.00 e. The molecule has 0 aliphatic rings. The van der Waals surface area contributed by atoms with Gasteiger partial charge < -0.3 is 12.8 Å². The van der Waals surface area contributed by atoms with Gasteiger partial charge in [-0.15, -0.1) is 0 Å². The van der Waals surface area contributed by atoms with Crippen molar-refractivity contribution in [1.82, 2.24) is 0 Å². The Bertz CT molecular complexity index is 40.5. The Balaban J connectivity index is -0.000000180. The van der Waals surface area contributed by atoms with E-state index in [4.69, 9.17) is 11.4 Å². The number of hydrogen-bond acceptors (Lipinski definition) is 3. The summed E-state index contributed by atoms with van der Waals surface area (Å²) in [6.07, 6.45) is 0. The number of rotatable bonds is 3. The Hall–Kier alpha value is 1.41. The predicted octanol–water partition coefficient (Wildman–Crippen LogP) is -2.97. The van der Waals surface area contributed by atoms with E-state index in [9.17, 15) is 0 Å². The predicted molar refractivity (Wildman–Crippen MR) is 27.9 cm³/mol. The third-order valence-corrected chi connectivity index (χ3v) is 1.73. The van der Waals surface area contributed by atoms with Crippen LogP contribution in [0.1, 0.15) is 1.43 Å². The van der Waals surface area contributed by atoms with E-state index in [0.29, 0.717) is 0 Å². The van der Waals surface area contributed by atoms with Crippen LogP contribution < -0.4 is 29.6 Å². The van der Waals surface area contributed by atoms with Crippen LogP contribution in [0.2, 0.25) is 0 Å². The molecule has 0 atom stereocenters. The Morgan fingerprint density at radius 3 is 1.25 bits per heavy atom. The minimum Gasteiger partial charge on any atom is -1.00 e. The van der Waals surface area contributed by atoms with Gasteiger partial charge in [0.2, 0.25) is 0 Å². The van der Waals surface area contributed by atoms with Gasteiger partial charge in [-0.2, -0.15) is 0 Å². The maximum Gasteiger partial charge on any atom is 1.00 e. The Labute approximate surface area is 78.5 Å². The molecule has 0 unspecified atom stereocenters. The van der Waals surface area contributed by atoms with E-state index in [2.05, 4.69) is 0 Å². The van der Waals surface area contributed by atoms with Crippen molar-refractivity contribution in [2.24, 2.45) is 0 Å². The first-order chi connectivity index (χ1) is 3.35. The van der Waals surface area contributed by atoms with Gasteiger partial charge in [-0.3, -0.25) is 0 Å². The summed E-state index contributed by atoms with van der Waals surface area (Å²) in [5.41, 5.74) is 0. The summed E-state index contributed by atoms with van der Waals surface area (Å²) in [5, 5.41) is 0. The molecule has 0 bridgehead atoms. The molecule has 44 valence electrons. The fourth-order valence-electron chi connectivity index (χ4n) is 0.289. The third-order valence-electron chi connectivity index (χ3n) is 0.577. The molecule has 0 aliphatic heterocycles. The maximum atomic E-state index is 4.74. The monoisotopic (exact) mass is 144 g/mol. The fourth-order valence-corrected chi connectivity index (χ4v) is 0.866. The van der Waals surface area contributed by atoms with E-state index >= 15 is 0 Å². The summed E-state index contributed by atoms with van der Waals surface area (Å²) in [6, 6.07) is 0. The first-order valence-corrected chi connectivity index (χ1v) is 3.35. The van der Waals surface area contributed by atoms with Gasteiger partial charge in [-0.05, 0) is 0 Å². The van der Waals surface area contributed by atoms with Gasteiger partial charge >= 0.3 is 44.7 Å². The molecule has 0 spiro atoms. The minimum absolute atomic E-state index is 0. The standard InChI is InChI=1S/3CH3O.Al.Na.H/c3*1-2;;;/h3*1H3;;;/q3*-1;+3;+1;-1. The van der Waals surface area contributed by atoms with Crippen molar-refractivity contribution in [2.75, 3.05) is 21.3 Å². The van der Waals surface area contributed by atoms with Gasteiger partial charge in [-0.1, -0.05) is 0 Å². The van der Waals surface area contributed by atoms with Crippen molar-refractivity contribution in [3.8, 4) is 0 Å². The summed E-state index contributed by atoms with van der Waals surface area (Å²) >= 11 is -1.67. The van der Waals surface area contributed by atoms with Crippen LogP contribution in [0.25, 0.3) is 0 Å². The van der Waals surface area contributed by atoms with Crippen LogP contribution in [0.4, 0.5) is 0 Å². The first-order valence-electron chi connectivity index (χ1n) is 1.93. The topological polar surface area (TPSA) is 27.7 Å². The van der Waals surface area contributed by atoms with Crippen LogP contribution in [0.15, 0.2) is 0 Å². The van der Waals surface area contributed by atoms with Gasteiger partial charge in [-0.25, -0.2) is 0 Å². The van der Waals surface area contributed by atoms with E-state index < -0.39 is 15.1 Å². The molecular weight excluding hydrogens is 134 g/mol. The van der Waals surface area contributed by atoms with Gasteiger partial charge in [0.15, 0.2) is 0 Å². The summed E-state index contributed by atoms with van der Waals surface area (Å²) in [4.78, 5) is 0. The van der Waals surface area contributed by atoms with Gasteiger partial charge in [0.1, 0.15) is 0 Å². The molecular formula is C3H10AlNaO3. The molecule has 0 amide bonds. The van der Waals surface area contributed by atoms with Crippen molar-refractivity contribution in [1.29, 1.82) is 0 Å². The van der Waals surface area contributed by atoms with Crippen molar-refractivity contribution in [3.63, 3.8) is 0 Å². The smallest absolute Gasteiger partial charge is 1.00 e. The second kappa shape index (κ2) is 8.41. The molecule has 0 N–H and O–H groups in total. The molecule has 0 aromatic heterocycles. The van der Waals surface area contributed by atoms with Crippen LogP contribution >= 0.6 is 0 Å². The average Bonchev–Trinajstić information content (AvgIpc) is 1.72.